The fraction of sp³-hybridized carbons (Fsp3) is 0.158. The molecule has 0 radical (unpaired) electrons. The van der Waals surface area contributed by atoms with Crippen LogP contribution in [0, 0.1) is 11.3 Å². The fourth-order valence-electron chi connectivity index (χ4n) is 2.22. The van der Waals surface area contributed by atoms with E-state index < -0.39 is 9.76 Å². The van der Waals surface area contributed by atoms with E-state index in [0.717, 1.165) is 0 Å². The lowest BCUT2D eigenvalue weighted by molar-refractivity contribution is -0.133. The summed E-state index contributed by atoms with van der Waals surface area (Å²) in [5.74, 6) is -0.156. The van der Waals surface area contributed by atoms with Crippen molar-refractivity contribution in [1.82, 2.24) is 0 Å². The number of alkyl halides is 3. The van der Waals surface area contributed by atoms with Gasteiger partial charge in [0.05, 0.1) is 25.9 Å². The first kappa shape index (κ1) is 20.9. The molecule has 0 bridgehead atoms. The Morgan fingerprint density at radius 2 is 1.70 bits per heavy atom. The van der Waals surface area contributed by atoms with Gasteiger partial charge < -0.3 is 14.2 Å². The normalized spacial score (nSPS) is 11.5. The van der Waals surface area contributed by atoms with Crippen LogP contribution in [0.3, 0.4) is 0 Å². The summed E-state index contributed by atoms with van der Waals surface area (Å²) in [6.45, 7) is 0. The summed E-state index contributed by atoms with van der Waals surface area (Å²) in [5.41, 5.74) is 1.68. The fourth-order valence-corrected chi connectivity index (χ4v) is 2.34. The number of esters is 1. The van der Waals surface area contributed by atoms with Gasteiger partial charge in [-0.3, -0.25) is 0 Å². The minimum Gasteiger partial charge on any atom is -0.496 e. The molecule has 0 aliphatic carbocycles. The first-order valence-corrected chi connectivity index (χ1v) is 8.65. The molecule has 2 rings (SSSR count). The average Bonchev–Trinajstić information content (AvgIpc) is 2.66. The molecule has 2 aromatic carbocycles. The summed E-state index contributed by atoms with van der Waals surface area (Å²) >= 11 is 16.5. The molecular formula is C19H14Cl3NO4. The Morgan fingerprint density at radius 1 is 1.04 bits per heavy atom. The maximum atomic E-state index is 11.7. The largest absolute Gasteiger partial charge is 0.496 e. The third-order valence-electron chi connectivity index (χ3n) is 3.45. The number of methoxy groups -OCH3 is 2. The van der Waals surface area contributed by atoms with E-state index >= 15 is 0 Å². The summed E-state index contributed by atoms with van der Waals surface area (Å²) in [5, 5.41) is 9.53. The van der Waals surface area contributed by atoms with Gasteiger partial charge >= 0.3 is 5.97 Å². The van der Waals surface area contributed by atoms with Gasteiger partial charge in [-0.1, -0.05) is 53.0 Å². The first-order valence-electron chi connectivity index (χ1n) is 7.52. The molecule has 0 saturated carbocycles. The Bertz CT molecular complexity index is 914. The van der Waals surface area contributed by atoms with E-state index in [4.69, 9.17) is 49.0 Å². The third-order valence-corrected chi connectivity index (χ3v) is 3.91. The number of nitriles is 1. The lowest BCUT2D eigenvalue weighted by atomic mass is 10.0. The van der Waals surface area contributed by atoms with Crippen molar-refractivity contribution in [3.05, 3.63) is 53.6 Å². The third kappa shape index (κ3) is 5.30. The molecule has 0 spiro atoms. The van der Waals surface area contributed by atoms with Gasteiger partial charge in [-0.25, -0.2) is 4.79 Å². The number of hydrogen-bond acceptors (Lipinski definition) is 5. The predicted molar refractivity (Wildman–Crippen MR) is 105 cm³/mol. The van der Waals surface area contributed by atoms with Crippen LogP contribution in [0.4, 0.5) is 0 Å². The van der Waals surface area contributed by atoms with Crippen LogP contribution in [-0.2, 0) is 4.79 Å². The van der Waals surface area contributed by atoms with Crippen molar-refractivity contribution >= 4 is 52.4 Å². The molecule has 0 saturated heterocycles. The van der Waals surface area contributed by atoms with E-state index in [9.17, 15) is 10.1 Å². The molecule has 0 amide bonds. The predicted octanol–water partition coefficient (Wildman–Crippen LogP) is 5.04. The number of rotatable bonds is 5. The van der Waals surface area contributed by atoms with Gasteiger partial charge in [0.15, 0.2) is 11.5 Å². The van der Waals surface area contributed by atoms with E-state index in [2.05, 4.69) is 6.07 Å². The highest BCUT2D eigenvalue weighted by atomic mass is 35.6. The Labute approximate surface area is 171 Å². The molecule has 0 fully saturated rings. The number of para-hydroxylation sites is 1. The van der Waals surface area contributed by atoms with Crippen LogP contribution in [0.1, 0.15) is 11.1 Å². The van der Waals surface area contributed by atoms with Gasteiger partial charge in [-0.15, -0.1) is 0 Å². The van der Waals surface area contributed by atoms with Gasteiger partial charge in [0, 0.05) is 5.56 Å². The lowest BCUT2D eigenvalue weighted by Crippen LogP contribution is -2.24. The smallest absolute Gasteiger partial charge is 0.364 e. The number of carbonyl (C=O) groups excluding carboxylic acids is 1. The molecule has 0 N–H and O–H groups in total. The number of benzene rings is 2. The molecule has 0 aliphatic rings. The molecule has 0 aromatic heterocycles. The number of ether oxygens (including phenoxy) is 3. The summed E-state index contributed by atoms with van der Waals surface area (Å²) < 4.78 is 13.4. The van der Waals surface area contributed by atoms with E-state index in [1.165, 1.54) is 20.3 Å². The molecule has 0 unspecified atom stereocenters. The Morgan fingerprint density at radius 3 is 2.30 bits per heavy atom. The van der Waals surface area contributed by atoms with Crippen LogP contribution in [0.25, 0.3) is 11.6 Å². The molecule has 0 heterocycles. The number of nitrogens with zero attached hydrogens (tertiary/aromatic N) is 1. The van der Waals surface area contributed by atoms with Crippen molar-refractivity contribution in [3.63, 3.8) is 0 Å². The van der Waals surface area contributed by atoms with Crippen LogP contribution in [0.2, 0.25) is 0 Å². The number of allylic oxidation sites excluding steroid dienone is 1. The van der Waals surface area contributed by atoms with E-state index in [1.54, 1.807) is 30.3 Å². The number of halogens is 3. The summed E-state index contributed by atoms with van der Waals surface area (Å²) in [6.07, 6.45) is 1.65. The number of hydrogen-bond donors (Lipinski definition) is 0. The second-order valence-electron chi connectivity index (χ2n) is 5.17. The quantitative estimate of drug-likeness (QED) is 0.220. The van der Waals surface area contributed by atoms with Crippen molar-refractivity contribution in [1.29, 1.82) is 5.26 Å². The van der Waals surface area contributed by atoms with Crippen molar-refractivity contribution in [2.45, 2.75) is 3.79 Å². The van der Waals surface area contributed by atoms with Crippen LogP contribution < -0.4 is 14.2 Å². The van der Waals surface area contributed by atoms with Gasteiger partial charge in [0.25, 0.3) is 3.79 Å². The van der Waals surface area contributed by atoms with Crippen molar-refractivity contribution < 1.29 is 19.0 Å². The van der Waals surface area contributed by atoms with Crippen molar-refractivity contribution in [2.24, 2.45) is 0 Å². The van der Waals surface area contributed by atoms with E-state index in [-0.39, 0.29) is 11.5 Å². The topological polar surface area (TPSA) is 68.6 Å². The first-order chi connectivity index (χ1) is 12.8. The van der Waals surface area contributed by atoms with Gasteiger partial charge in [0.1, 0.15) is 5.75 Å². The number of carbonyl (C=O) groups is 1. The molecule has 8 heteroatoms. The zero-order valence-corrected chi connectivity index (χ0v) is 16.6. The molecule has 27 heavy (non-hydrogen) atoms. The molecule has 0 atom stereocenters. The van der Waals surface area contributed by atoms with Crippen LogP contribution >= 0.6 is 34.8 Å². The van der Waals surface area contributed by atoms with E-state index in [1.807, 2.05) is 12.1 Å². The zero-order chi connectivity index (χ0) is 20.0. The van der Waals surface area contributed by atoms with E-state index in [0.29, 0.717) is 22.4 Å². The summed E-state index contributed by atoms with van der Waals surface area (Å²) in [4.78, 5) is 11.7. The SMILES string of the molecule is COc1cc(/C=C(/C#N)c2ccccc2OC)ccc1OC(=O)C(Cl)(Cl)Cl. The Hall–Kier alpha value is -2.39. The standard InChI is InChI=1S/C19H14Cl3NO4/c1-25-15-6-4-3-5-14(15)13(11-23)9-12-7-8-16(17(10-12)26-2)27-18(24)19(20,21)22/h3-10H,1-2H3/b13-9-. The average molecular weight is 427 g/mol. The molecule has 140 valence electrons. The summed E-state index contributed by atoms with van der Waals surface area (Å²) in [6, 6.07) is 14.0. The van der Waals surface area contributed by atoms with Gasteiger partial charge in [0.2, 0.25) is 0 Å². The minimum atomic E-state index is -2.21. The second kappa shape index (κ2) is 9.01. The van der Waals surface area contributed by atoms with Crippen LogP contribution in [0.5, 0.6) is 17.2 Å². The lowest BCUT2D eigenvalue weighted by Gasteiger charge is -2.13. The van der Waals surface area contributed by atoms with Crippen LogP contribution in [0.15, 0.2) is 42.5 Å². The summed E-state index contributed by atoms with van der Waals surface area (Å²) in [7, 11) is 2.94. The molecule has 0 aliphatic heterocycles. The maximum Gasteiger partial charge on any atom is 0.364 e. The van der Waals surface area contributed by atoms with Gasteiger partial charge in [-0.2, -0.15) is 5.26 Å². The monoisotopic (exact) mass is 425 g/mol. The van der Waals surface area contributed by atoms with Gasteiger partial charge in [-0.05, 0) is 35.9 Å². The van der Waals surface area contributed by atoms with Crippen molar-refractivity contribution in [3.8, 4) is 23.3 Å². The molecule has 5 nitrogen and oxygen atoms in total. The minimum absolute atomic E-state index is 0.0850. The Kier molecular flexibility index (Phi) is 6.98. The van der Waals surface area contributed by atoms with Crippen molar-refractivity contribution in [2.75, 3.05) is 14.2 Å². The molecular weight excluding hydrogens is 413 g/mol. The maximum absolute atomic E-state index is 11.7. The Balaban J connectivity index is 2.40. The second-order valence-corrected chi connectivity index (χ2v) is 7.45. The highest BCUT2D eigenvalue weighted by Gasteiger charge is 2.33. The highest BCUT2D eigenvalue weighted by Crippen LogP contribution is 2.34. The van der Waals surface area contributed by atoms with Crippen LogP contribution in [-0.4, -0.2) is 24.0 Å². The zero-order valence-electron chi connectivity index (χ0n) is 14.3. The molecule has 2 aromatic rings. The highest BCUT2D eigenvalue weighted by molar-refractivity contribution is 6.75.